The number of ether oxygens (including phenoxy) is 2. The first-order valence-electron chi connectivity index (χ1n) is 2.69. The Morgan fingerprint density at radius 1 is 1.89 bits per heavy atom. The summed E-state index contributed by atoms with van der Waals surface area (Å²) < 4.78 is 9.17. The minimum Gasteiger partial charge on any atom is -0.430 e. The average Bonchev–Trinajstić information content (AvgIpc) is 2.14. The molecule has 50 valence electrons. The molecular weight excluding hydrogens is 120 g/mol. The minimum atomic E-state index is -0.594. The Kier molecular flexibility index (Phi) is 1.42. The maximum absolute atomic E-state index is 10.3. The first kappa shape index (κ1) is 6.13. The third-order valence-electron chi connectivity index (χ3n) is 1.14. The average molecular weight is 128 g/mol. The lowest BCUT2D eigenvalue weighted by atomic mass is 10.2. The van der Waals surface area contributed by atoms with Crippen LogP contribution in [0.3, 0.4) is 0 Å². The fourth-order valence-electron chi connectivity index (χ4n) is 0.571. The van der Waals surface area contributed by atoms with Crippen molar-refractivity contribution in [3.05, 3.63) is 12.2 Å². The van der Waals surface area contributed by atoms with Crippen LogP contribution < -0.4 is 0 Å². The van der Waals surface area contributed by atoms with E-state index in [0.717, 1.165) is 5.57 Å². The van der Waals surface area contributed by atoms with Crippen molar-refractivity contribution in [2.45, 2.75) is 13.0 Å². The van der Waals surface area contributed by atoms with Crippen LogP contribution in [0.5, 0.6) is 0 Å². The van der Waals surface area contributed by atoms with E-state index in [1.165, 1.54) is 0 Å². The van der Waals surface area contributed by atoms with E-state index in [9.17, 15) is 4.79 Å². The number of hydrogen-bond acceptors (Lipinski definition) is 3. The Hall–Kier alpha value is -0.990. The smallest absolute Gasteiger partial charge is 0.430 e. The van der Waals surface area contributed by atoms with Crippen LogP contribution in [0.4, 0.5) is 4.79 Å². The molecule has 0 amide bonds. The van der Waals surface area contributed by atoms with Gasteiger partial charge in [-0.15, -0.1) is 0 Å². The predicted molar refractivity (Wildman–Crippen MR) is 31.0 cm³/mol. The van der Waals surface area contributed by atoms with Gasteiger partial charge >= 0.3 is 6.16 Å². The molecule has 0 aromatic rings. The Labute approximate surface area is 53.3 Å². The third kappa shape index (κ3) is 1.22. The van der Waals surface area contributed by atoms with Crippen molar-refractivity contribution in [1.29, 1.82) is 0 Å². The van der Waals surface area contributed by atoms with Crippen molar-refractivity contribution in [2.24, 2.45) is 0 Å². The molecule has 9 heavy (non-hydrogen) atoms. The van der Waals surface area contributed by atoms with Crippen LogP contribution >= 0.6 is 0 Å². The van der Waals surface area contributed by atoms with Gasteiger partial charge < -0.3 is 9.47 Å². The van der Waals surface area contributed by atoms with Gasteiger partial charge in [0, 0.05) is 0 Å². The van der Waals surface area contributed by atoms with Crippen LogP contribution in [0.1, 0.15) is 6.92 Å². The molecule has 0 saturated carbocycles. The van der Waals surface area contributed by atoms with Gasteiger partial charge in [-0.1, -0.05) is 6.58 Å². The Morgan fingerprint density at radius 3 is 2.78 bits per heavy atom. The molecule has 0 aliphatic carbocycles. The van der Waals surface area contributed by atoms with Crippen LogP contribution in [-0.2, 0) is 9.47 Å². The first-order chi connectivity index (χ1) is 4.20. The van der Waals surface area contributed by atoms with Crippen molar-refractivity contribution < 1.29 is 14.3 Å². The molecule has 1 heterocycles. The van der Waals surface area contributed by atoms with Gasteiger partial charge in [0.25, 0.3) is 0 Å². The predicted octanol–water partition coefficient (Wildman–Crippen LogP) is 1.10. The van der Waals surface area contributed by atoms with Gasteiger partial charge in [0.1, 0.15) is 6.61 Å². The van der Waals surface area contributed by atoms with Crippen LogP contribution in [-0.4, -0.2) is 18.9 Å². The zero-order chi connectivity index (χ0) is 6.85. The van der Waals surface area contributed by atoms with Crippen molar-refractivity contribution in [2.75, 3.05) is 6.61 Å². The van der Waals surface area contributed by atoms with E-state index < -0.39 is 6.16 Å². The van der Waals surface area contributed by atoms with Crippen molar-refractivity contribution in [1.82, 2.24) is 0 Å². The number of carbonyl (C=O) groups is 1. The summed E-state index contributed by atoms with van der Waals surface area (Å²) in [4.78, 5) is 10.3. The van der Waals surface area contributed by atoms with Gasteiger partial charge in [-0.3, -0.25) is 0 Å². The number of hydrogen-bond donors (Lipinski definition) is 0. The molecule has 0 aromatic heterocycles. The van der Waals surface area contributed by atoms with Crippen molar-refractivity contribution in [3.63, 3.8) is 0 Å². The lowest BCUT2D eigenvalue weighted by Gasteiger charge is -2.01. The molecule has 3 heteroatoms. The first-order valence-corrected chi connectivity index (χ1v) is 2.69. The molecule has 1 aliphatic rings. The van der Waals surface area contributed by atoms with Gasteiger partial charge in [0.05, 0.1) is 0 Å². The van der Waals surface area contributed by atoms with E-state index in [1.54, 1.807) is 6.92 Å². The quantitative estimate of drug-likeness (QED) is 0.392. The fraction of sp³-hybridized carbons (Fsp3) is 0.500. The molecule has 1 aliphatic heterocycles. The van der Waals surface area contributed by atoms with E-state index in [1.807, 2.05) is 0 Å². The van der Waals surface area contributed by atoms with Crippen LogP contribution in [0, 0.1) is 0 Å². The molecule has 1 atom stereocenters. The Bertz CT molecular complexity index is 150. The van der Waals surface area contributed by atoms with E-state index in [-0.39, 0.29) is 6.10 Å². The second-order valence-corrected chi connectivity index (χ2v) is 2.01. The SMILES string of the molecule is C=C(C)C1COC(=O)O1. The number of cyclic esters (lactones) is 2. The summed E-state index contributed by atoms with van der Waals surface area (Å²) >= 11 is 0. The molecule has 0 spiro atoms. The fourth-order valence-corrected chi connectivity index (χ4v) is 0.571. The van der Waals surface area contributed by atoms with Gasteiger partial charge in [-0.25, -0.2) is 4.79 Å². The summed E-state index contributed by atoms with van der Waals surface area (Å²) in [5, 5.41) is 0. The summed E-state index contributed by atoms with van der Waals surface area (Å²) in [5.41, 5.74) is 0.820. The lowest BCUT2D eigenvalue weighted by Crippen LogP contribution is -2.09. The van der Waals surface area contributed by atoms with E-state index in [0.29, 0.717) is 6.61 Å². The topological polar surface area (TPSA) is 35.5 Å². The molecule has 0 aromatic carbocycles. The highest BCUT2D eigenvalue weighted by atomic mass is 16.8. The van der Waals surface area contributed by atoms with Gasteiger partial charge in [-0.05, 0) is 12.5 Å². The summed E-state index contributed by atoms with van der Waals surface area (Å²) in [6.45, 7) is 5.73. The summed E-state index contributed by atoms with van der Waals surface area (Å²) in [7, 11) is 0. The monoisotopic (exact) mass is 128 g/mol. The number of carbonyl (C=O) groups excluding carboxylic acids is 1. The molecule has 1 saturated heterocycles. The summed E-state index contributed by atoms with van der Waals surface area (Å²) in [6, 6.07) is 0. The van der Waals surface area contributed by atoms with Crippen LogP contribution in [0.2, 0.25) is 0 Å². The third-order valence-corrected chi connectivity index (χ3v) is 1.14. The van der Waals surface area contributed by atoms with Gasteiger partial charge in [0.15, 0.2) is 6.10 Å². The highest BCUT2D eigenvalue weighted by Gasteiger charge is 2.24. The molecule has 1 fully saturated rings. The molecule has 0 radical (unpaired) electrons. The number of rotatable bonds is 1. The maximum Gasteiger partial charge on any atom is 0.509 e. The van der Waals surface area contributed by atoms with E-state index in [2.05, 4.69) is 16.1 Å². The molecule has 1 unspecified atom stereocenters. The van der Waals surface area contributed by atoms with E-state index in [4.69, 9.17) is 0 Å². The highest BCUT2D eigenvalue weighted by molar-refractivity contribution is 5.62. The molecule has 0 N–H and O–H groups in total. The molecule has 1 rings (SSSR count). The Morgan fingerprint density at radius 2 is 2.56 bits per heavy atom. The zero-order valence-corrected chi connectivity index (χ0v) is 5.22. The van der Waals surface area contributed by atoms with Crippen molar-refractivity contribution >= 4 is 6.16 Å². The standard InChI is InChI=1S/C6H8O3/c1-4(2)5-3-8-6(7)9-5/h5H,1,3H2,2H3. The Balaban J connectivity index is 2.48. The van der Waals surface area contributed by atoms with Crippen molar-refractivity contribution in [3.8, 4) is 0 Å². The van der Waals surface area contributed by atoms with Gasteiger partial charge in [-0.2, -0.15) is 0 Å². The highest BCUT2D eigenvalue weighted by Crippen LogP contribution is 2.11. The maximum atomic E-state index is 10.3. The molecule has 0 bridgehead atoms. The zero-order valence-electron chi connectivity index (χ0n) is 5.22. The largest absolute Gasteiger partial charge is 0.509 e. The van der Waals surface area contributed by atoms with Gasteiger partial charge in [0.2, 0.25) is 0 Å². The minimum absolute atomic E-state index is 0.225. The van der Waals surface area contributed by atoms with Crippen LogP contribution in [0.25, 0.3) is 0 Å². The second-order valence-electron chi connectivity index (χ2n) is 2.01. The summed E-state index contributed by atoms with van der Waals surface area (Å²) in [5.74, 6) is 0. The molecular formula is C6H8O3. The van der Waals surface area contributed by atoms with E-state index >= 15 is 0 Å². The second kappa shape index (κ2) is 2.09. The summed E-state index contributed by atoms with van der Waals surface area (Å²) in [6.07, 6.45) is -0.819. The molecule has 3 nitrogen and oxygen atoms in total. The van der Waals surface area contributed by atoms with Crippen LogP contribution in [0.15, 0.2) is 12.2 Å². The normalized spacial score (nSPS) is 25.0. The lowest BCUT2D eigenvalue weighted by molar-refractivity contribution is 0.124.